The van der Waals surface area contributed by atoms with Crippen LogP contribution in [0.3, 0.4) is 0 Å². The van der Waals surface area contributed by atoms with E-state index in [1.165, 1.54) is 4.90 Å². The highest BCUT2D eigenvalue weighted by Gasteiger charge is 2.60. The van der Waals surface area contributed by atoms with Crippen molar-refractivity contribution >= 4 is 28.5 Å². The second kappa shape index (κ2) is 9.89. The van der Waals surface area contributed by atoms with Gasteiger partial charge < -0.3 is 5.11 Å². The Bertz CT molecular complexity index is 2170. The number of nitrogens with zero attached hydrogens (tertiary/aromatic N) is 5. The Labute approximate surface area is 266 Å². The lowest BCUT2D eigenvalue weighted by Gasteiger charge is -2.55. The van der Waals surface area contributed by atoms with Crippen LogP contribution in [0.25, 0.3) is 39.1 Å². The average Bonchev–Trinajstić information content (AvgIpc) is 3.59. The molecule has 46 heavy (non-hydrogen) atoms. The van der Waals surface area contributed by atoms with Gasteiger partial charge >= 0.3 is 0 Å². The Kier molecular flexibility index (Phi) is 6.08. The monoisotopic (exact) mass is 607 g/mol. The van der Waals surface area contributed by atoms with Gasteiger partial charge in [0.15, 0.2) is 11.3 Å². The van der Waals surface area contributed by atoms with Crippen molar-refractivity contribution in [3.8, 4) is 22.4 Å². The molecule has 8 heteroatoms. The van der Waals surface area contributed by atoms with Crippen LogP contribution in [0.1, 0.15) is 77.2 Å². The van der Waals surface area contributed by atoms with E-state index < -0.39 is 11.1 Å². The minimum absolute atomic E-state index is 0.245. The third-order valence-electron chi connectivity index (χ3n) is 9.53. The van der Waals surface area contributed by atoms with Crippen LogP contribution in [0.5, 0.6) is 0 Å². The summed E-state index contributed by atoms with van der Waals surface area (Å²) in [7, 11) is 0. The Morgan fingerprint density at radius 1 is 0.783 bits per heavy atom. The lowest BCUT2D eigenvalue weighted by atomic mass is 9.61. The number of imide groups is 1. The third kappa shape index (κ3) is 4.13. The van der Waals surface area contributed by atoms with E-state index in [1.54, 1.807) is 31.2 Å². The first kappa shape index (κ1) is 28.3. The lowest BCUT2D eigenvalue weighted by Crippen LogP contribution is -2.63. The summed E-state index contributed by atoms with van der Waals surface area (Å²) in [5, 5.41) is 16.7. The van der Waals surface area contributed by atoms with Crippen molar-refractivity contribution in [1.29, 1.82) is 0 Å². The van der Waals surface area contributed by atoms with Gasteiger partial charge in [0.1, 0.15) is 0 Å². The summed E-state index contributed by atoms with van der Waals surface area (Å²) in [6.07, 6.45) is 0.520. The lowest BCUT2D eigenvalue weighted by molar-refractivity contribution is -0.118. The molecule has 1 aliphatic carbocycles. The number of hydrogen-bond donors (Lipinski definition) is 1. The van der Waals surface area contributed by atoms with Crippen molar-refractivity contribution < 1.29 is 14.7 Å². The summed E-state index contributed by atoms with van der Waals surface area (Å²) in [5.41, 5.74) is 6.63. The Morgan fingerprint density at radius 3 is 2.02 bits per heavy atom. The van der Waals surface area contributed by atoms with E-state index in [2.05, 4.69) is 32.0 Å². The van der Waals surface area contributed by atoms with Crippen LogP contribution in [0.2, 0.25) is 0 Å². The van der Waals surface area contributed by atoms with Crippen molar-refractivity contribution in [3.63, 3.8) is 0 Å². The van der Waals surface area contributed by atoms with E-state index in [0.29, 0.717) is 11.1 Å². The van der Waals surface area contributed by atoms with E-state index in [4.69, 9.17) is 15.1 Å². The van der Waals surface area contributed by atoms with E-state index in [-0.39, 0.29) is 30.6 Å². The molecule has 0 unspecified atom stereocenters. The summed E-state index contributed by atoms with van der Waals surface area (Å²) < 4.78 is 1.83. The molecule has 0 spiro atoms. The van der Waals surface area contributed by atoms with Gasteiger partial charge in [-0.05, 0) is 49.1 Å². The molecule has 1 fully saturated rings. The van der Waals surface area contributed by atoms with Crippen molar-refractivity contribution in [2.45, 2.75) is 57.6 Å². The number of rotatable bonds is 5. The van der Waals surface area contributed by atoms with Gasteiger partial charge in [0.05, 0.1) is 39.3 Å². The largest absolute Gasteiger partial charge is 0.390 e. The van der Waals surface area contributed by atoms with Crippen molar-refractivity contribution in [2.75, 3.05) is 0 Å². The minimum Gasteiger partial charge on any atom is -0.390 e. The zero-order valence-corrected chi connectivity index (χ0v) is 26.2. The Hall–Kier alpha value is -5.21. The second-order valence-electron chi connectivity index (χ2n) is 13.3. The predicted octanol–water partition coefficient (Wildman–Crippen LogP) is 7.08. The van der Waals surface area contributed by atoms with Gasteiger partial charge in [-0.1, -0.05) is 80.6 Å². The molecule has 1 saturated carbocycles. The van der Waals surface area contributed by atoms with Crippen LogP contribution in [0.4, 0.5) is 0 Å². The third-order valence-corrected chi connectivity index (χ3v) is 9.53. The number of carbonyl (C=O) groups is 2. The maximum Gasteiger partial charge on any atom is 0.262 e. The van der Waals surface area contributed by atoms with E-state index in [0.717, 1.165) is 56.0 Å². The number of aromatic nitrogens is 4. The predicted molar refractivity (Wildman–Crippen MR) is 176 cm³/mol. The molecule has 2 amide bonds. The molecular weight excluding hydrogens is 574 g/mol. The normalized spacial score (nSPS) is 21.0. The molecule has 228 valence electrons. The molecule has 0 saturated heterocycles. The summed E-state index contributed by atoms with van der Waals surface area (Å²) in [6.45, 7) is 7.98. The number of pyridine rings is 1. The standard InChI is InChI=1S/C38H33N5O3/c1-22(2)31-19-32-39-23(3)29-18-30(24-10-6-5-7-11-24)33(40-34(29)43(32)41-31)25-14-16-26(17-15-25)38(20-37(4,46)21-38)42-35(44)27-12-8-9-13-28(27)36(42)45/h5-19,22,46H,20-21H2,1-4H3. The highest BCUT2D eigenvalue weighted by Crippen LogP contribution is 2.54. The number of aryl methyl sites for hydroxylation is 1. The number of carbonyl (C=O) groups excluding carboxylic acids is 2. The van der Waals surface area contributed by atoms with E-state index >= 15 is 0 Å². The van der Waals surface area contributed by atoms with Crippen LogP contribution >= 0.6 is 0 Å². The summed E-state index contributed by atoms with van der Waals surface area (Å²) >= 11 is 0. The van der Waals surface area contributed by atoms with Gasteiger partial charge in [0.25, 0.3) is 11.8 Å². The number of hydrogen-bond acceptors (Lipinski definition) is 6. The first-order chi connectivity index (χ1) is 22.1. The van der Waals surface area contributed by atoms with Gasteiger partial charge in [-0.3, -0.25) is 14.5 Å². The molecule has 8 nitrogen and oxygen atoms in total. The number of aliphatic hydroxyl groups is 1. The first-order valence-electron chi connectivity index (χ1n) is 15.6. The topological polar surface area (TPSA) is 101 Å². The van der Waals surface area contributed by atoms with Crippen molar-refractivity contribution in [2.24, 2.45) is 0 Å². The van der Waals surface area contributed by atoms with Crippen molar-refractivity contribution in [3.05, 3.63) is 119 Å². The van der Waals surface area contributed by atoms with Gasteiger partial charge in [-0.25, -0.2) is 9.97 Å². The zero-order valence-electron chi connectivity index (χ0n) is 26.2. The summed E-state index contributed by atoms with van der Waals surface area (Å²) in [4.78, 5) is 38.7. The molecule has 8 rings (SSSR count). The van der Waals surface area contributed by atoms with E-state index in [1.807, 2.05) is 60.0 Å². The highest BCUT2D eigenvalue weighted by atomic mass is 16.3. The fraction of sp³-hybridized carbons (Fsp3) is 0.237. The van der Waals surface area contributed by atoms with Crippen LogP contribution in [-0.2, 0) is 5.54 Å². The summed E-state index contributed by atoms with van der Waals surface area (Å²) in [5.74, 6) is -0.402. The number of benzene rings is 3. The molecule has 0 radical (unpaired) electrons. The molecule has 0 atom stereocenters. The Balaban J connectivity index is 1.28. The maximum atomic E-state index is 13.6. The number of fused-ring (bicyclic) bond motifs is 4. The van der Waals surface area contributed by atoms with Crippen molar-refractivity contribution in [1.82, 2.24) is 24.5 Å². The fourth-order valence-corrected chi connectivity index (χ4v) is 7.34. The average molecular weight is 608 g/mol. The highest BCUT2D eigenvalue weighted by molar-refractivity contribution is 6.22. The summed E-state index contributed by atoms with van der Waals surface area (Å²) in [6, 6.07) is 29.2. The molecule has 1 aliphatic heterocycles. The SMILES string of the molecule is Cc1nc2cc(C(C)C)nn2c2nc(-c3ccc(C4(N5C(=O)c6ccccc6C5=O)CC(C)(O)C4)cc3)c(-c3ccccc3)cc12. The van der Waals surface area contributed by atoms with Crippen LogP contribution in [0.15, 0.2) is 91.0 Å². The Morgan fingerprint density at radius 2 is 1.41 bits per heavy atom. The quantitative estimate of drug-likeness (QED) is 0.210. The molecule has 2 aliphatic rings. The van der Waals surface area contributed by atoms with E-state index in [9.17, 15) is 14.7 Å². The van der Waals surface area contributed by atoms with Gasteiger partial charge in [0.2, 0.25) is 0 Å². The van der Waals surface area contributed by atoms with Crippen LogP contribution in [0, 0.1) is 6.92 Å². The second-order valence-corrected chi connectivity index (χ2v) is 13.3. The molecular formula is C38H33N5O3. The molecule has 3 aromatic heterocycles. The van der Waals surface area contributed by atoms with Gasteiger partial charge in [-0.2, -0.15) is 9.61 Å². The fourth-order valence-electron chi connectivity index (χ4n) is 7.34. The minimum atomic E-state index is -0.996. The van der Waals surface area contributed by atoms with Crippen LogP contribution < -0.4 is 0 Å². The molecule has 0 bridgehead atoms. The van der Waals surface area contributed by atoms with Crippen LogP contribution in [-0.4, -0.2) is 47.0 Å². The molecule has 4 heterocycles. The molecule has 1 N–H and O–H groups in total. The maximum absolute atomic E-state index is 13.6. The first-order valence-corrected chi connectivity index (χ1v) is 15.6. The molecule has 3 aromatic carbocycles. The van der Waals surface area contributed by atoms with Gasteiger partial charge in [0, 0.05) is 35.4 Å². The van der Waals surface area contributed by atoms with Gasteiger partial charge in [-0.15, -0.1) is 0 Å². The zero-order chi connectivity index (χ0) is 32.0. The smallest absolute Gasteiger partial charge is 0.262 e. The number of amides is 2. The molecule has 6 aromatic rings.